The van der Waals surface area contributed by atoms with Crippen molar-refractivity contribution >= 4 is 78.9 Å². The molecule has 0 spiro atoms. The molecule has 2 bridgehead atoms. The van der Waals surface area contributed by atoms with Crippen LogP contribution in [-0.4, -0.2) is 11.3 Å². The molecule has 4 aliphatic rings. The first kappa shape index (κ1) is 57.7. The largest absolute Gasteiger partial charge is 0.356 e. The molecular formula is C92H69BN4. The summed E-state index contributed by atoms with van der Waals surface area (Å²) in [6.45, 7) is 11.7. The van der Waals surface area contributed by atoms with E-state index < -0.39 is 5.41 Å². The standard InChI is InChI=1S/C92H69BN4/c1-59-45-46-66-55-70(96(59)68-35-19-9-20-36-68)50-51-71(66)67-48-53-79-81(58-67)95-91-87(85-74(62-31-15-7-16-32-62)42-26-43-75(85)63-33-17-8-18-34-63)88(92(2,3)4)86(84-72(60-27-11-5-12-28-60)40-25-41-73(84)61-29-13-6-14-30-61)90-89(91)93(79)78-52-47-65(57-80(78)94-90)64-49-54-83-77(56-64)76-39-23-24-44-82(76)97(83)69-37-21-10-22-38-69/h5-54,56-58,66,94-95H,1,55H2,2-4H3. The van der Waals surface area contributed by atoms with E-state index in [4.69, 9.17) is 0 Å². The Morgan fingerprint density at radius 2 is 0.845 bits per heavy atom. The molecule has 0 amide bonds. The van der Waals surface area contributed by atoms with Gasteiger partial charge in [0, 0.05) is 73.3 Å². The highest BCUT2D eigenvalue weighted by atomic mass is 15.2. The number of benzene rings is 13. The SMILES string of the molecule is C=C1C=CC2CC(=CC=C2c2ccc3c(c2)Nc2c4c(c(-c5c(-c6ccccc6)cccc5-c5ccccc5)c(C(C)(C)C)c2-c2c(-c5ccccc5)cccc2-c2ccccc2)Nc2cc(-c5ccc6c(c5)c5ccccc5n6-c5ccccc5)ccc2B34)N1c1ccccc1. The second-order valence-corrected chi connectivity index (χ2v) is 27.3. The van der Waals surface area contributed by atoms with Crippen LogP contribution < -0.4 is 31.9 Å². The molecule has 0 fully saturated rings. The van der Waals surface area contributed by atoms with Gasteiger partial charge in [-0.1, -0.05) is 282 Å². The molecule has 13 aromatic carbocycles. The quantitative estimate of drug-likeness (QED) is 0.134. The molecule has 14 aromatic rings. The van der Waals surface area contributed by atoms with Crippen LogP contribution in [0.5, 0.6) is 0 Å². The van der Waals surface area contributed by atoms with E-state index >= 15 is 0 Å². The summed E-state index contributed by atoms with van der Waals surface area (Å²) < 4.78 is 2.40. The average molecular weight is 1240 g/mol. The number of para-hydroxylation sites is 3. The second-order valence-electron chi connectivity index (χ2n) is 27.3. The maximum absolute atomic E-state index is 4.61. The van der Waals surface area contributed by atoms with Crippen LogP contribution in [0.3, 0.4) is 0 Å². The lowest BCUT2D eigenvalue weighted by atomic mass is 9.33. The van der Waals surface area contributed by atoms with E-state index in [-0.39, 0.29) is 12.6 Å². The zero-order valence-electron chi connectivity index (χ0n) is 54.6. The number of hydrogen-bond acceptors (Lipinski definition) is 3. The van der Waals surface area contributed by atoms with E-state index in [2.05, 4.69) is 369 Å². The topological polar surface area (TPSA) is 32.2 Å². The lowest BCUT2D eigenvalue weighted by molar-refractivity contribution is 0.594. The zero-order valence-corrected chi connectivity index (χ0v) is 54.6. The molecule has 1 aromatic heterocycles. The molecule has 1 unspecified atom stereocenters. The number of rotatable bonds is 10. The van der Waals surface area contributed by atoms with Crippen LogP contribution in [0.25, 0.3) is 111 Å². The maximum Gasteiger partial charge on any atom is 0.252 e. The molecule has 0 radical (unpaired) electrons. The summed E-state index contributed by atoms with van der Waals surface area (Å²) in [5, 5.41) is 11.4. The van der Waals surface area contributed by atoms with Gasteiger partial charge in [-0.2, -0.15) is 0 Å². The predicted molar refractivity (Wildman–Crippen MR) is 413 cm³/mol. The van der Waals surface area contributed by atoms with Gasteiger partial charge in [0.05, 0.1) is 11.0 Å². The number of aromatic nitrogens is 1. The summed E-state index contributed by atoms with van der Waals surface area (Å²) in [6, 6.07) is 110. The third kappa shape index (κ3) is 9.67. The lowest BCUT2D eigenvalue weighted by Crippen LogP contribution is -2.59. The third-order valence-corrected chi connectivity index (χ3v) is 20.5. The molecule has 5 heteroatoms. The molecule has 4 nitrogen and oxygen atoms in total. The fraction of sp³-hybridized carbons (Fsp3) is 0.0652. The number of anilines is 5. The first-order valence-electron chi connectivity index (χ1n) is 34.0. The highest BCUT2D eigenvalue weighted by Gasteiger charge is 2.45. The van der Waals surface area contributed by atoms with E-state index in [0.29, 0.717) is 0 Å². The van der Waals surface area contributed by atoms with Gasteiger partial charge in [0.25, 0.3) is 6.71 Å². The number of nitrogens with zero attached hydrogens (tertiary/aromatic N) is 2. The van der Waals surface area contributed by atoms with Gasteiger partial charge in [-0.25, -0.2) is 0 Å². The van der Waals surface area contributed by atoms with Crippen molar-refractivity contribution in [1.29, 1.82) is 0 Å². The van der Waals surface area contributed by atoms with Crippen molar-refractivity contribution in [2.75, 3.05) is 15.5 Å². The van der Waals surface area contributed by atoms with E-state index in [9.17, 15) is 0 Å². The van der Waals surface area contributed by atoms with E-state index in [1.165, 1.54) is 105 Å². The Kier molecular flexibility index (Phi) is 13.8. The van der Waals surface area contributed by atoms with Gasteiger partial charge in [0.2, 0.25) is 0 Å². The second kappa shape index (κ2) is 23.2. The molecule has 97 heavy (non-hydrogen) atoms. The Balaban J connectivity index is 0.949. The Hall–Kier alpha value is -11.9. The monoisotopic (exact) mass is 1240 g/mol. The van der Waals surface area contributed by atoms with E-state index in [1.54, 1.807) is 0 Å². The fourth-order valence-corrected chi connectivity index (χ4v) is 16.3. The lowest BCUT2D eigenvalue weighted by Gasteiger charge is -2.42. The maximum atomic E-state index is 4.61. The van der Waals surface area contributed by atoms with Crippen LogP contribution >= 0.6 is 0 Å². The van der Waals surface area contributed by atoms with Crippen LogP contribution in [0.1, 0.15) is 38.3 Å². The van der Waals surface area contributed by atoms with Crippen LogP contribution in [0, 0.1) is 5.92 Å². The van der Waals surface area contributed by atoms with Gasteiger partial charge in [-0.05, 0) is 178 Å². The number of hydrogen-bond donors (Lipinski definition) is 2. The molecule has 2 N–H and O–H groups in total. The smallest absolute Gasteiger partial charge is 0.252 e. The predicted octanol–water partition coefficient (Wildman–Crippen LogP) is 22.3. The third-order valence-electron chi connectivity index (χ3n) is 20.5. The molecule has 18 rings (SSSR count). The van der Waals surface area contributed by atoms with Gasteiger partial charge >= 0.3 is 0 Å². The summed E-state index contributed by atoms with van der Waals surface area (Å²) >= 11 is 0. The molecule has 4 heterocycles. The van der Waals surface area contributed by atoms with Crippen molar-refractivity contribution in [3.05, 3.63) is 351 Å². The van der Waals surface area contributed by atoms with Crippen LogP contribution in [-0.2, 0) is 5.41 Å². The molecule has 0 saturated heterocycles. The van der Waals surface area contributed by atoms with Gasteiger partial charge in [0.1, 0.15) is 0 Å². The van der Waals surface area contributed by atoms with Crippen molar-refractivity contribution in [2.24, 2.45) is 5.92 Å². The normalized spacial score (nSPS) is 14.4. The number of allylic oxidation sites excluding steroid dienone is 6. The summed E-state index contributed by atoms with van der Waals surface area (Å²) in [5.41, 5.74) is 34.6. The Morgan fingerprint density at radius 1 is 0.402 bits per heavy atom. The van der Waals surface area contributed by atoms with Crippen LogP contribution in [0.4, 0.5) is 28.4 Å². The van der Waals surface area contributed by atoms with Crippen molar-refractivity contribution in [3.8, 4) is 83.6 Å². The Bertz CT molecular complexity index is 5470. The minimum Gasteiger partial charge on any atom is -0.356 e. The van der Waals surface area contributed by atoms with E-state index in [0.717, 1.165) is 79.6 Å². The van der Waals surface area contributed by atoms with Crippen LogP contribution in [0.2, 0.25) is 0 Å². The van der Waals surface area contributed by atoms with Crippen molar-refractivity contribution < 1.29 is 0 Å². The minimum absolute atomic E-state index is 0.137. The first-order valence-corrected chi connectivity index (χ1v) is 34.0. The number of nitrogens with one attached hydrogen (secondary N) is 2. The van der Waals surface area contributed by atoms with Crippen molar-refractivity contribution in [3.63, 3.8) is 0 Å². The van der Waals surface area contributed by atoms with Crippen LogP contribution in [0.15, 0.2) is 340 Å². The Labute approximate surface area is 568 Å². The molecule has 3 aliphatic heterocycles. The van der Waals surface area contributed by atoms with E-state index in [1.807, 2.05) is 0 Å². The minimum atomic E-state index is -0.483. The highest BCUT2D eigenvalue weighted by Crippen LogP contribution is 2.57. The van der Waals surface area contributed by atoms with Gasteiger partial charge < -0.3 is 20.1 Å². The number of fused-ring (bicyclic) bond motifs is 9. The fourth-order valence-electron chi connectivity index (χ4n) is 16.3. The van der Waals surface area contributed by atoms with Crippen molar-refractivity contribution in [1.82, 2.24) is 4.57 Å². The zero-order chi connectivity index (χ0) is 64.9. The van der Waals surface area contributed by atoms with Crippen molar-refractivity contribution in [2.45, 2.75) is 32.6 Å². The summed E-state index contributed by atoms with van der Waals surface area (Å²) in [6.07, 6.45) is 10.1. The molecular weight excluding hydrogens is 1170 g/mol. The average Bonchev–Trinajstić information content (AvgIpc) is 1.68. The highest BCUT2D eigenvalue weighted by molar-refractivity contribution is 7.00. The molecule has 1 atom stereocenters. The summed E-state index contributed by atoms with van der Waals surface area (Å²) in [4.78, 5) is 2.32. The molecule has 460 valence electrons. The molecule has 0 saturated carbocycles. The summed E-state index contributed by atoms with van der Waals surface area (Å²) in [7, 11) is 0. The first-order chi connectivity index (χ1) is 47.7. The molecule has 1 aliphatic carbocycles. The Morgan fingerprint density at radius 3 is 1.37 bits per heavy atom. The van der Waals surface area contributed by atoms with Gasteiger partial charge in [-0.3, -0.25) is 0 Å². The van der Waals surface area contributed by atoms with Gasteiger partial charge in [-0.15, -0.1) is 0 Å². The van der Waals surface area contributed by atoms with Gasteiger partial charge in [0.15, 0.2) is 0 Å². The summed E-state index contributed by atoms with van der Waals surface area (Å²) in [5.74, 6) is 0.137.